The van der Waals surface area contributed by atoms with Crippen molar-refractivity contribution < 1.29 is 23.7 Å². The minimum atomic E-state index is -0.577. The Morgan fingerprint density at radius 3 is 2.57 bits per heavy atom. The van der Waals surface area contributed by atoms with Crippen LogP contribution in [0.1, 0.15) is 82.6 Å². The number of aryl methyl sites for hydroxylation is 1. The average molecular weight is 510 g/mol. The number of nitriles is 1. The van der Waals surface area contributed by atoms with Gasteiger partial charge >= 0.3 is 5.97 Å². The van der Waals surface area contributed by atoms with Crippen molar-refractivity contribution in [2.75, 3.05) is 25.6 Å². The number of methoxy groups -OCH3 is 1. The van der Waals surface area contributed by atoms with E-state index in [2.05, 4.69) is 16.4 Å². The predicted octanol–water partition coefficient (Wildman–Crippen LogP) is 6.23. The second-order valence-corrected chi connectivity index (χ2v) is 7.98. The van der Waals surface area contributed by atoms with Gasteiger partial charge < -0.3 is 24.3 Å². The van der Waals surface area contributed by atoms with Crippen LogP contribution in [0.25, 0.3) is 0 Å². The summed E-state index contributed by atoms with van der Waals surface area (Å²) in [5, 5.41) is 12.7. The Bertz CT molecular complexity index is 1150. The van der Waals surface area contributed by atoms with Gasteiger partial charge in [-0.15, -0.1) is 0 Å². The maximum atomic E-state index is 13.5. The standard InChI is InChI=1S/C25H27N3O5.2C2H6/c1-5-31-24-22-21(17-9-8-16(12-26)11-18(17)30-4)20(25(29)33-19-7-6-10-32-19)15(3)28-23(22)14(2)13-27-24;2*1-2/h8-9,11,13,19,21,28H,5-7,10H2,1-4H3;2*1-2H3. The summed E-state index contributed by atoms with van der Waals surface area (Å²) in [5.41, 5.74) is 4.73. The number of ether oxygens (including phenoxy) is 4. The van der Waals surface area contributed by atoms with E-state index in [1.165, 1.54) is 0 Å². The molecule has 200 valence electrons. The molecular weight excluding hydrogens is 470 g/mol. The first kappa shape index (κ1) is 29.7. The lowest BCUT2D eigenvalue weighted by Crippen LogP contribution is -2.28. The minimum absolute atomic E-state index is 0.415. The van der Waals surface area contributed by atoms with Crippen molar-refractivity contribution in [1.82, 2.24) is 4.98 Å². The number of nitrogens with zero attached hydrogens (tertiary/aromatic N) is 2. The smallest absolute Gasteiger partial charge is 0.339 e. The SMILES string of the molecule is CC.CC.CCOc1ncc(C)c2c1C(c1ccc(C#N)cc1OC)C(C(=O)OC1CCCO1)=C(C)N2. The predicted molar refractivity (Wildman–Crippen MR) is 144 cm³/mol. The number of nitrogens with one attached hydrogen (secondary N) is 1. The van der Waals surface area contributed by atoms with E-state index in [9.17, 15) is 10.1 Å². The summed E-state index contributed by atoms with van der Waals surface area (Å²) in [6, 6.07) is 7.32. The van der Waals surface area contributed by atoms with E-state index in [4.69, 9.17) is 18.9 Å². The first-order valence-electron chi connectivity index (χ1n) is 13.0. The van der Waals surface area contributed by atoms with E-state index in [1.807, 2.05) is 54.5 Å². The number of esters is 1. The van der Waals surface area contributed by atoms with Crippen LogP contribution in [0.15, 0.2) is 35.7 Å². The Morgan fingerprint density at radius 2 is 1.97 bits per heavy atom. The normalized spacial score (nSPS) is 17.6. The number of anilines is 1. The molecule has 4 rings (SSSR count). The molecule has 1 fully saturated rings. The van der Waals surface area contributed by atoms with Crippen molar-refractivity contribution in [3.63, 3.8) is 0 Å². The van der Waals surface area contributed by atoms with Crippen molar-refractivity contribution in [3.05, 3.63) is 57.9 Å². The summed E-state index contributed by atoms with van der Waals surface area (Å²) in [7, 11) is 1.54. The molecule has 8 nitrogen and oxygen atoms in total. The summed E-state index contributed by atoms with van der Waals surface area (Å²) in [6.45, 7) is 14.7. The van der Waals surface area contributed by atoms with Gasteiger partial charge in [-0.1, -0.05) is 33.8 Å². The van der Waals surface area contributed by atoms with Crippen molar-refractivity contribution in [1.29, 1.82) is 5.26 Å². The number of carbonyl (C=O) groups is 1. The van der Waals surface area contributed by atoms with Gasteiger partial charge in [0.15, 0.2) is 0 Å². The van der Waals surface area contributed by atoms with Gasteiger partial charge in [0.25, 0.3) is 0 Å². The number of hydrogen-bond donors (Lipinski definition) is 1. The summed E-state index contributed by atoms with van der Waals surface area (Å²) in [4.78, 5) is 18.0. The van der Waals surface area contributed by atoms with Gasteiger partial charge in [-0.3, -0.25) is 0 Å². The highest BCUT2D eigenvalue weighted by Crippen LogP contribution is 2.49. The average Bonchev–Trinajstić information content (AvgIpc) is 3.44. The minimum Gasteiger partial charge on any atom is -0.496 e. The van der Waals surface area contributed by atoms with Crippen molar-refractivity contribution in [2.24, 2.45) is 0 Å². The molecule has 3 heterocycles. The van der Waals surface area contributed by atoms with Gasteiger partial charge in [-0.05, 0) is 44.9 Å². The molecule has 0 bridgehead atoms. The number of benzene rings is 1. The van der Waals surface area contributed by atoms with Crippen molar-refractivity contribution in [3.8, 4) is 17.7 Å². The maximum Gasteiger partial charge on any atom is 0.339 e. The molecular formula is C29H39N3O5. The van der Waals surface area contributed by atoms with Gasteiger partial charge in [-0.2, -0.15) is 5.26 Å². The van der Waals surface area contributed by atoms with Crippen LogP contribution in [0.4, 0.5) is 5.69 Å². The third-order valence-electron chi connectivity index (χ3n) is 5.86. The number of hydrogen-bond acceptors (Lipinski definition) is 8. The van der Waals surface area contributed by atoms with E-state index < -0.39 is 18.2 Å². The fourth-order valence-electron chi connectivity index (χ4n) is 4.34. The summed E-state index contributed by atoms with van der Waals surface area (Å²) < 4.78 is 22.8. The molecule has 2 aromatic rings. The molecule has 0 radical (unpaired) electrons. The van der Waals surface area contributed by atoms with E-state index in [0.29, 0.717) is 53.7 Å². The van der Waals surface area contributed by atoms with Crippen LogP contribution < -0.4 is 14.8 Å². The van der Waals surface area contributed by atoms with Crippen LogP contribution >= 0.6 is 0 Å². The lowest BCUT2D eigenvalue weighted by Gasteiger charge is -2.33. The molecule has 0 aliphatic carbocycles. The molecule has 2 unspecified atom stereocenters. The quantitative estimate of drug-likeness (QED) is 0.457. The Kier molecular flexibility index (Phi) is 11.4. The third-order valence-corrected chi connectivity index (χ3v) is 5.86. The first-order valence-corrected chi connectivity index (χ1v) is 13.0. The van der Waals surface area contributed by atoms with Crippen LogP contribution in [0.2, 0.25) is 0 Å². The Hall–Kier alpha value is -3.57. The molecule has 1 aromatic heterocycles. The molecule has 1 aromatic carbocycles. The Morgan fingerprint density at radius 1 is 1.24 bits per heavy atom. The van der Waals surface area contributed by atoms with Crippen LogP contribution in [-0.4, -0.2) is 37.6 Å². The molecule has 8 heteroatoms. The van der Waals surface area contributed by atoms with Crippen LogP contribution in [0, 0.1) is 18.3 Å². The Balaban J connectivity index is 0.00000115. The second-order valence-electron chi connectivity index (χ2n) is 7.98. The number of pyridine rings is 1. The molecule has 2 atom stereocenters. The van der Waals surface area contributed by atoms with Gasteiger partial charge in [0.1, 0.15) is 5.75 Å². The lowest BCUT2D eigenvalue weighted by atomic mass is 9.79. The molecule has 2 aliphatic heterocycles. The monoisotopic (exact) mass is 509 g/mol. The fraction of sp³-hybridized carbons (Fsp3) is 0.483. The number of fused-ring (bicyclic) bond motifs is 1. The highest BCUT2D eigenvalue weighted by atomic mass is 16.7. The van der Waals surface area contributed by atoms with Gasteiger partial charge in [0.05, 0.1) is 54.7 Å². The van der Waals surface area contributed by atoms with Crippen molar-refractivity contribution >= 4 is 11.7 Å². The molecule has 0 spiro atoms. The largest absolute Gasteiger partial charge is 0.496 e. The maximum absolute atomic E-state index is 13.5. The number of aromatic nitrogens is 1. The van der Waals surface area contributed by atoms with Gasteiger partial charge in [0, 0.05) is 23.9 Å². The van der Waals surface area contributed by atoms with Crippen LogP contribution in [0.5, 0.6) is 11.6 Å². The van der Waals surface area contributed by atoms with E-state index in [0.717, 1.165) is 23.2 Å². The summed E-state index contributed by atoms with van der Waals surface area (Å²) in [5.74, 6) is -0.132. The van der Waals surface area contributed by atoms with Gasteiger partial charge in [-0.25, -0.2) is 9.78 Å². The van der Waals surface area contributed by atoms with E-state index >= 15 is 0 Å². The highest BCUT2D eigenvalue weighted by Gasteiger charge is 2.39. The van der Waals surface area contributed by atoms with E-state index in [1.54, 1.807) is 25.4 Å². The van der Waals surface area contributed by atoms with Crippen LogP contribution in [-0.2, 0) is 14.3 Å². The molecule has 2 aliphatic rings. The van der Waals surface area contributed by atoms with Crippen molar-refractivity contribution in [2.45, 2.75) is 73.5 Å². The topological polar surface area (TPSA) is 103 Å². The van der Waals surface area contributed by atoms with Gasteiger partial charge in [0.2, 0.25) is 12.2 Å². The number of rotatable bonds is 6. The van der Waals surface area contributed by atoms with E-state index in [-0.39, 0.29) is 0 Å². The molecule has 1 N–H and O–H groups in total. The first-order chi connectivity index (χ1) is 18.0. The fourth-order valence-corrected chi connectivity index (χ4v) is 4.34. The molecule has 1 saturated heterocycles. The number of carbonyl (C=O) groups excluding carboxylic acids is 1. The summed E-state index contributed by atoms with van der Waals surface area (Å²) >= 11 is 0. The lowest BCUT2D eigenvalue weighted by molar-refractivity contribution is -0.165. The zero-order valence-electron chi connectivity index (χ0n) is 23.2. The Labute approximate surface area is 220 Å². The molecule has 0 saturated carbocycles. The van der Waals surface area contributed by atoms with Crippen LogP contribution in [0.3, 0.4) is 0 Å². The molecule has 37 heavy (non-hydrogen) atoms. The second kappa shape index (κ2) is 14.2. The summed E-state index contributed by atoms with van der Waals surface area (Å²) in [6.07, 6.45) is 2.69. The molecule has 0 amide bonds. The highest BCUT2D eigenvalue weighted by molar-refractivity contribution is 5.95. The zero-order chi connectivity index (χ0) is 27.5. The number of allylic oxidation sites excluding steroid dienone is 1. The third kappa shape index (κ3) is 6.41. The zero-order valence-corrected chi connectivity index (χ0v) is 23.2.